The van der Waals surface area contributed by atoms with E-state index in [9.17, 15) is 0 Å². The number of nitrogens with zero attached hydrogens (tertiary/aromatic N) is 4. The Hall–Kier alpha value is -1.95. The van der Waals surface area contributed by atoms with Crippen LogP contribution in [0.3, 0.4) is 0 Å². The molecule has 0 aliphatic rings. The largest absolute Gasteiger partial charge is 0.382 e. The molecule has 0 amide bonds. The van der Waals surface area contributed by atoms with Crippen LogP contribution in [0.2, 0.25) is 5.02 Å². The number of amidine groups is 1. The van der Waals surface area contributed by atoms with Gasteiger partial charge in [-0.2, -0.15) is 5.10 Å². The van der Waals surface area contributed by atoms with Gasteiger partial charge in [0, 0.05) is 6.20 Å². The normalized spacial score (nSPS) is 10.2. The van der Waals surface area contributed by atoms with Crippen molar-refractivity contribution in [1.82, 2.24) is 19.7 Å². The van der Waals surface area contributed by atoms with Crippen LogP contribution in [0.5, 0.6) is 0 Å². The molecule has 3 N–H and O–H groups in total. The molecule has 0 aliphatic carbocycles. The van der Waals surface area contributed by atoms with Gasteiger partial charge < -0.3 is 5.73 Å². The van der Waals surface area contributed by atoms with E-state index in [0.717, 1.165) is 0 Å². The van der Waals surface area contributed by atoms with E-state index in [1.165, 1.54) is 17.1 Å². The van der Waals surface area contributed by atoms with Crippen molar-refractivity contribution in [1.29, 1.82) is 5.41 Å². The van der Waals surface area contributed by atoms with Gasteiger partial charge in [-0.3, -0.25) is 5.41 Å². The zero-order chi connectivity index (χ0) is 10.8. The van der Waals surface area contributed by atoms with Crippen LogP contribution in [0, 0.1) is 5.41 Å². The minimum Gasteiger partial charge on any atom is -0.382 e. The van der Waals surface area contributed by atoms with E-state index in [1.807, 2.05) is 0 Å². The van der Waals surface area contributed by atoms with Gasteiger partial charge in [-0.15, -0.1) is 0 Å². The molecule has 2 aromatic rings. The zero-order valence-electron chi connectivity index (χ0n) is 7.55. The van der Waals surface area contributed by atoms with E-state index in [4.69, 9.17) is 22.7 Å². The number of rotatable bonds is 2. The van der Waals surface area contributed by atoms with Gasteiger partial charge >= 0.3 is 0 Å². The number of halogens is 1. The summed E-state index contributed by atoms with van der Waals surface area (Å²) in [5.41, 5.74) is 5.66. The highest BCUT2D eigenvalue weighted by Crippen LogP contribution is 2.08. The summed E-state index contributed by atoms with van der Waals surface area (Å²) < 4.78 is 1.41. The molecule has 0 atom stereocenters. The summed E-state index contributed by atoms with van der Waals surface area (Å²) >= 11 is 5.71. The lowest BCUT2D eigenvalue weighted by atomic mass is 10.4. The Labute approximate surface area is 90.2 Å². The highest BCUT2D eigenvalue weighted by Gasteiger charge is 2.04. The van der Waals surface area contributed by atoms with E-state index in [1.54, 1.807) is 12.3 Å². The summed E-state index contributed by atoms with van der Waals surface area (Å²) in [4.78, 5) is 8.02. The summed E-state index contributed by atoms with van der Waals surface area (Å²) in [5, 5.41) is 11.7. The minimum atomic E-state index is -0.114. The molecule has 0 aromatic carbocycles. The van der Waals surface area contributed by atoms with Crippen LogP contribution in [-0.2, 0) is 0 Å². The second-order valence-electron chi connectivity index (χ2n) is 2.76. The van der Waals surface area contributed by atoms with Crippen molar-refractivity contribution in [2.24, 2.45) is 5.73 Å². The van der Waals surface area contributed by atoms with Gasteiger partial charge in [0.15, 0.2) is 0 Å². The average molecular weight is 223 g/mol. The quantitative estimate of drug-likeness (QED) is 0.575. The topological polar surface area (TPSA) is 93.5 Å². The lowest BCUT2D eigenvalue weighted by Gasteiger charge is -2.00. The number of aromatic nitrogens is 4. The van der Waals surface area contributed by atoms with Crippen LogP contribution in [0.25, 0.3) is 5.95 Å². The van der Waals surface area contributed by atoms with Crippen LogP contribution < -0.4 is 5.73 Å². The van der Waals surface area contributed by atoms with E-state index in [0.29, 0.717) is 16.7 Å². The molecular formula is C8H7ClN6. The molecule has 0 saturated heterocycles. The highest BCUT2D eigenvalue weighted by atomic mass is 35.5. The smallest absolute Gasteiger partial charge is 0.251 e. The first-order valence-corrected chi connectivity index (χ1v) is 4.42. The van der Waals surface area contributed by atoms with Crippen molar-refractivity contribution in [2.75, 3.05) is 0 Å². The van der Waals surface area contributed by atoms with Crippen molar-refractivity contribution in [3.63, 3.8) is 0 Å². The fourth-order valence-electron chi connectivity index (χ4n) is 1.02. The molecular weight excluding hydrogens is 216 g/mol. The summed E-state index contributed by atoms with van der Waals surface area (Å²) in [5.74, 6) is 0.214. The molecule has 2 rings (SSSR count). The van der Waals surface area contributed by atoms with Gasteiger partial charge in [0.05, 0.1) is 17.4 Å². The predicted molar refractivity (Wildman–Crippen MR) is 55.2 cm³/mol. The second kappa shape index (κ2) is 3.66. The SMILES string of the molecule is N=C(N)c1ccnc(-n2cc(Cl)cn2)n1. The number of nitrogens with two attached hydrogens (primary N) is 1. The Bertz CT molecular complexity index is 505. The molecule has 2 aromatic heterocycles. The number of nitrogens with one attached hydrogen (secondary N) is 1. The lowest BCUT2D eigenvalue weighted by molar-refractivity contribution is 0.806. The average Bonchev–Trinajstić information content (AvgIpc) is 2.65. The van der Waals surface area contributed by atoms with Crippen LogP contribution >= 0.6 is 11.6 Å². The standard InChI is InChI=1S/C8H7ClN6/c9-5-3-13-15(4-5)8-12-2-1-6(14-8)7(10)11/h1-4H,(H3,10,11). The van der Waals surface area contributed by atoms with Crippen molar-refractivity contribution < 1.29 is 0 Å². The minimum absolute atomic E-state index is 0.114. The third kappa shape index (κ3) is 1.94. The lowest BCUT2D eigenvalue weighted by Crippen LogP contribution is -2.15. The predicted octanol–water partition coefficient (Wildman–Crippen LogP) is 0.600. The van der Waals surface area contributed by atoms with Gasteiger partial charge in [-0.25, -0.2) is 14.6 Å². The van der Waals surface area contributed by atoms with Crippen LogP contribution in [0.15, 0.2) is 24.7 Å². The Morgan fingerprint density at radius 1 is 1.53 bits per heavy atom. The van der Waals surface area contributed by atoms with E-state index in [2.05, 4.69) is 15.1 Å². The first-order chi connectivity index (χ1) is 7.16. The molecule has 0 fully saturated rings. The third-order valence-electron chi connectivity index (χ3n) is 1.67. The Morgan fingerprint density at radius 3 is 2.93 bits per heavy atom. The van der Waals surface area contributed by atoms with Crippen molar-refractivity contribution in [3.05, 3.63) is 35.4 Å². The van der Waals surface area contributed by atoms with E-state index >= 15 is 0 Å². The number of hydrogen-bond acceptors (Lipinski definition) is 4. The highest BCUT2D eigenvalue weighted by molar-refractivity contribution is 6.30. The molecule has 0 bridgehead atoms. The molecule has 76 valence electrons. The van der Waals surface area contributed by atoms with Crippen molar-refractivity contribution >= 4 is 17.4 Å². The molecule has 2 heterocycles. The Morgan fingerprint density at radius 2 is 2.33 bits per heavy atom. The van der Waals surface area contributed by atoms with Crippen LogP contribution in [0.1, 0.15) is 5.69 Å². The van der Waals surface area contributed by atoms with Crippen LogP contribution in [0.4, 0.5) is 0 Å². The van der Waals surface area contributed by atoms with Gasteiger partial charge in [-0.1, -0.05) is 11.6 Å². The molecule has 0 saturated carbocycles. The summed E-state index contributed by atoms with van der Waals surface area (Å²) in [6.07, 6.45) is 4.56. The molecule has 0 spiro atoms. The number of nitrogen functional groups attached to an aromatic ring is 1. The molecule has 15 heavy (non-hydrogen) atoms. The summed E-state index contributed by atoms with van der Waals surface area (Å²) in [6, 6.07) is 1.55. The molecule has 0 radical (unpaired) electrons. The van der Waals surface area contributed by atoms with E-state index < -0.39 is 0 Å². The Balaban J connectivity index is 2.45. The maximum atomic E-state index is 7.23. The molecule has 0 aliphatic heterocycles. The zero-order valence-corrected chi connectivity index (χ0v) is 8.31. The monoisotopic (exact) mass is 222 g/mol. The van der Waals surface area contributed by atoms with Crippen molar-refractivity contribution in [3.8, 4) is 5.95 Å². The van der Waals surface area contributed by atoms with Crippen molar-refractivity contribution in [2.45, 2.75) is 0 Å². The number of hydrogen-bond donors (Lipinski definition) is 2. The molecule has 0 unspecified atom stereocenters. The van der Waals surface area contributed by atoms with Gasteiger partial charge in [0.25, 0.3) is 5.95 Å². The fourth-order valence-corrected chi connectivity index (χ4v) is 1.16. The molecule has 7 heteroatoms. The van der Waals surface area contributed by atoms with Gasteiger partial charge in [0.1, 0.15) is 11.5 Å². The molecule has 6 nitrogen and oxygen atoms in total. The Kier molecular flexibility index (Phi) is 2.34. The van der Waals surface area contributed by atoms with Gasteiger partial charge in [-0.05, 0) is 6.07 Å². The fraction of sp³-hybridized carbons (Fsp3) is 0. The third-order valence-corrected chi connectivity index (χ3v) is 1.87. The van der Waals surface area contributed by atoms with Crippen LogP contribution in [-0.4, -0.2) is 25.6 Å². The van der Waals surface area contributed by atoms with E-state index in [-0.39, 0.29) is 5.84 Å². The summed E-state index contributed by atoms with van der Waals surface area (Å²) in [7, 11) is 0. The summed E-state index contributed by atoms with van der Waals surface area (Å²) in [6.45, 7) is 0. The maximum Gasteiger partial charge on any atom is 0.251 e. The maximum absolute atomic E-state index is 7.23. The first kappa shape index (κ1) is 9.60. The second-order valence-corrected chi connectivity index (χ2v) is 3.20. The van der Waals surface area contributed by atoms with Gasteiger partial charge in [0.2, 0.25) is 0 Å². The first-order valence-electron chi connectivity index (χ1n) is 4.05.